The van der Waals surface area contributed by atoms with Crippen LogP contribution in [0.5, 0.6) is 5.75 Å². The minimum absolute atomic E-state index is 0.161. The average Bonchev–Trinajstić information content (AvgIpc) is 3.09. The van der Waals surface area contributed by atoms with Crippen molar-refractivity contribution in [3.05, 3.63) is 77.4 Å². The van der Waals surface area contributed by atoms with Crippen LogP contribution in [0.3, 0.4) is 0 Å². The topological polar surface area (TPSA) is 82.8 Å². The van der Waals surface area contributed by atoms with Gasteiger partial charge in [0, 0.05) is 5.56 Å². The maximum absolute atomic E-state index is 12.8. The third-order valence-corrected chi connectivity index (χ3v) is 6.47. The lowest BCUT2D eigenvalue weighted by Crippen LogP contribution is -2.38. The predicted octanol–water partition coefficient (Wildman–Crippen LogP) is 3.67. The third kappa shape index (κ3) is 3.42. The molecule has 6 nitrogen and oxygen atoms in total. The molecular weight excluding hydrogens is 390 g/mol. The van der Waals surface area contributed by atoms with Gasteiger partial charge in [0.1, 0.15) is 12.4 Å². The van der Waals surface area contributed by atoms with Crippen LogP contribution in [-0.4, -0.2) is 23.0 Å². The summed E-state index contributed by atoms with van der Waals surface area (Å²) in [5, 5.41) is 14.5. The molecule has 3 aliphatic carbocycles. The van der Waals surface area contributed by atoms with Gasteiger partial charge in [-0.2, -0.15) is 15.4 Å². The molecule has 6 heteroatoms. The standard InChI is InChI=1S/C25H21N3O3/c26-13-19-3-1-2-4-20(19)15-31-21-11-5-16(6-12-21)14-27-28-24(29)22-17-7-8-18(10-9-17)23(22)25(28)30/h1-8,11-12,14,17-18,22-23H,9-10,15H2/b27-14-/t17-,18+,22-,23+. The average molecular weight is 411 g/mol. The molecule has 4 atom stereocenters. The minimum Gasteiger partial charge on any atom is -0.489 e. The fourth-order valence-corrected chi connectivity index (χ4v) is 4.86. The van der Waals surface area contributed by atoms with Crippen molar-refractivity contribution in [3.63, 3.8) is 0 Å². The van der Waals surface area contributed by atoms with Crippen molar-refractivity contribution >= 4 is 18.0 Å². The zero-order valence-electron chi connectivity index (χ0n) is 16.8. The lowest BCUT2D eigenvalue weighted by molar-refractivity contribution is -0.140. The monoisotopic (exact) mass is 411 g/mol. The van der Waals surface area contributed by atoms with E-state index >= 15 is 0 Å². The number of hydrogen-bond donors (Lipinski definition) is 0. The summed E-state index contributed by atoms with van der Waals surface area (Å²) in [5.74, 6) is 0.124. The first-order valence-corrected chi connectivity index (χ1v) is 10.5. The fourth-order valence-electron chi connectivity index (χ4n) is 4.86. The van der Waals surface area contributed by atoms with Crippen LogP contribution in [0.4, 0.5) is 0 Å². The zero-order chi connectivity index (χ0) is 21.4. The number of nitrogens with zero attached hydrogens (tertiary/aromatic N) is 3. The van der Waals surface area contributed by atoms with Crippen molar-refractivity contribution in [1.82, 2.24) is 5.01 Å². The Labute approximate surface area is 180 Å². The van der Waals surface area contributed by atoms with Crippen LogP contribution in [-0.2, 0) is 16.2 Å². The highest BCUT2D eigenvalue weighted by atomic mass is 16.5. The van der Waals surface area contributed by atoms with E-state index in [2.05, 4.69) is 23.3 Å². The second-order valence-electron chi connectivity index (χ2n) is 8.20. The molecule has 0 unspecified atom stereocenters. The molecule has 154 valence electrons. The number of hydrogen-bond acceptors (Lipinski definition) is 5. The van der Waals surface area contributed by atoms with Crippen LogP contribution in [0.25, 0.3) is 0 Å². The number of carbonyl (C=O) groups excluding carboxylic acids is 2. The highest BCUT2D eigenvalue weighted by molar-refractivity contribution is 6.06. The van der Waals surface area contributed by atoms with E-state index in [4.69, 9.17) is 10.00 Å². The molecular formula is C25H21N3O3. The molecule has 2 amide bonds. The molecule has 0 radical (unpaired) electrons. The van der Waals surface area contributed by atoms with Crippen LogP contribution < -0.4 is 4.74 Å². The number of carbonyl (C=O) groups is 2. The smallest absolute Gasteiger partial charge is 0.254 e. The Morgan fingerprint density at radius 1 is 1.00 bits per heavy atom. The molecule has 1 saturated heterocycles. The van der Waals surface area contributed by atoms with Gasteiger partial charge in [-0.1, -0.05) is 30.4 Å². The number of fused-ring (bicyclic) bond motifs is 1. The maximum Gasteiger partial charge on any atom is 0.254 e. The van der Waals surface area contributed by atoms with E-state index < -0.39 is 0 Å². The minimum atomic E-state index is -0.250. The quantitative estimate of drug-likeness (QED) is 0.427. The summed E-state index contributed by atoms with van der Waals surface area (Å²) in [4.78, 5) is 25.6. The SMILES string of the molecule is N#Cc1ccccc1COc1ccc(/C=N\N2C(=O)[C@@H]3[C@H](C2=O)[C@@H]2C=C[C@H]3CC2)cc1. The number of nitriles is 1. The van der Waals surface area contributed by atoms with Gasteiger partial charge in [0.2, 0.25) is 0 Å². The van der Waals surface area contributed by atoms with Crippen molar-refractivity contribution in [1.29, 1.82) is 5.26 Å². The maximum atomic E-state index is 12.8. The van der Waals surface area contributed by atoms with Crippen LogP contribution in [0.2, 0.25) is 0 Å². The summed E-state index contributed by atoms with van der Waals surface area (Å²) >= 11 is 0. The molecule has 1 saturated carbocycles. The number of hydrazone groups is 1. The predicted molar refractivity (Wildman–Crippen MR) is 114 cm³/mol. The largest absolute Gasteiger partial charge is 0.489 e. The molecule has 2 aromatic carbocycles. The van der Waals surface area contributed by atoms with Gasteiger partial charge < -0.3 is 4.74 Å². The van der Waals surface area contributed by atoms with E-state index in [0.29, 0.717) is 17.9 Å². The second-order valence-corrected chi connectivity index (χ2v) is 8.20. The Bertz CT molecular complexity index is 1100. The molecule has 0 aromatic heterocycles. The number of allylic oxidation sites excluding steroid dienone is 2. The van der Waals surface area contributed by atoms with Crippen LogP contribution in [0, 0.1) is 35.0 Å². The number of benzene rings is 2. The number of amides is 2. The Morgan fingerprint density at radius 2 is 1.65 bits per heavy atom. The van der Waals surface area contributed by atoms with Gasteiger partial charge in [0.05, 0.1) is 29.7 Å². The Morgan fingerprint density at radius 3 is 2.26 bits per heavy atom. The van der Waals surface area contributed by atoms with E-state index in [1.165, 1.54) is 6.21 Å². The van der Waals surface area contributed by atoms with Crippen molar-refractivity contribution in [2.75, 3.05) is 0 Å². The summed E-state index contributed by atoms with van der Waals surface area (Å²) < 4.78 is 5.78. The Hall–Kier alpha value is -3.72. The molecule has 0 spiro atoms. The van der Waals surface area contributed by atoms with Gasteiger partial charge in [0.25, 0.3) is 11.8 Å². The van der Waals surface area contributed by atoms with Gasteiger partial charge in [-0.05, 0) is 60.6 Å². The summed E-state index contributed by atoms with van der Waals surface area (Å²) in [5.41, 5.74) is 2.18. The van der Waals surface area contributed by atoms with Crippen molar-refractivity contribution in [3.8, 4) is 11.8 Å². The lowest BCUT2D eigenvalue weighted by atomic mass is 9.63. The normalized spacial score (nSPS) is 26.4. The Kier molecular flexibility index (Phi) is 4.87. The highest BCUT2D eigenvalue weighted by Gasteiger charge is 2.56. The molecule has 1 heterocycles. The van der Waals surface area contributed by atoms with Gasteiger partial charge in [0.15, 0.2) is 0 Å². The molecule has 1 aliphatic heterocycles. The summed E-state index contributed by atoms with van der Waals surface area (Å²) in [6.07, 6.45) is 7.68. The molecule has 31 heavy (non-hydrogen) atoms. The third-order valence-electron chi connectivity index (χ3n) is 6.47. The number of rotatable bonds is 5. The van der Waals surface area contributed by atoms with Crippen molar-refractivity contribution < 1.29 is 14.3 Å². The highest BCUT2D eigenvalue weighted by Crippen LogP contribution is 2.49. The van der Waals surface area contributed by atoms with E-state index in [1.54, 1.807) is 18.2 Å². The molecule has 6 rings (SSSR count). The Balaban J connectivity index is 1.24. The zero-order valence-corrected chi connectivity index (χ0v) is 16.8. The van der Waals surface area contributed by atoms with E-state index in [9.17, 15) is 9.59 Å². The van der Waals surface area contributed by atoms with E-state index in [-0.39, 0.29) is 35.5 Å². The summed E-state index contributed by atoms with van der Waals surface area (Å²) in [7, 11) is 0. The fraction of sp³-hybridized carbons (Fsp3) is 0.280. The first-order valence-electron chi connectivity index (χ1n) is 10.5. The van der Waals surface area contributed by atoms with Crippen molar-refractivity contribution in [2.45, 2.75) is 19.4 Å². The van der Waals surface area contributed by atoms with Gasteiger partial charge in [-0.15, -0.1) is 0 Å². The van der Waals surface area contributed by atoms with Crippen LogP contribution in [0.1, 0.15) is 29.5 Å². The van der Waals surface area contributed by atoms with Gasteiger partial charge >= 0.3 is 0 Å². The van der Waals surface area contributed by atoms with Gasteiger partial charge in [-0.3, -0.25) is 9.59 Å². The van der Waals surface area contributed by atoms with Gasteiger partial charge in [-0.25, -0.2) is 0 Å². The molecule has 2 bridgehead atoms. The summed E-state index contributed by atoms with van der Waals surface area (Å²) in [6, 6.07) is 16.7. The van der Waals surface area contributed by atoms with Crippen molar-refractivity contribution in [2.24, 2.45) is 28.8 Å². The molecule has 4 aliphatic rings. The van der Waals surface area contributed by atoms with Crippen LogP contribution >= 0.6 is 0 Å². The second kappa shape index (κ2) is 7.84. The van der Waals surface area contributed by atoms with E-state index in [0.717, 1.165) is 29.0 Å². The summed E-state index contributed by atoms with van der Waals surface area (Å²) in [6.45, 7) is 0.299. The lowest BCUT2D eigenvalue weighted by Gasteiger charge is -2.37. The first-order chi connectivity index (χ1) is 15.2. The van der Waals surface area contributed by atoms with E-state index in [1.807, 2.05) is 30.3 Å². The molecule has 0 N–H and O–H groups in total. The number of imide groups is 1. The first kappa shape index (κ1) is 19.3. The molecule has 2 fully saturated rings. The number of ether oxygens (including phenoxy) is 1. The van der Waals surface area contributed by atoms with Crippen LogP contribution in [0.15, 0.2) is 65.8 Å². The molecule has 2 aromatic rings.